The van der Waals surface area contributed by atoms with Crippen molar-refractivity contribution in [3.8, 4) is 17.3 Å². The smallest absolute Gasteiger partial charge is 0.321 e. The van der Waals surface area contributed by atoms with E-state index in [9.17, 15) is 4.79 Å². The molecule has 22 heavy (non-hydrogen) atoms. The van der Waals surface area contributed by atoms with Crippen molar-refractivity contribution in [3.05, 3.63) is 54.7 Å². The van der Waals surface area contributed by atoms with Gasteiger partial charge in [-0.25, -0.2) is 0 Å². The average Bonchev–Trinajstić information content (AvgIpc) is 3.04. The summed E-state index contributed by atoms with van der Waals surface area (Å²) >= 11 is 1.12. The highest BCUT2D eigenvalue weighted by atomic mass is 32.2. The van der Waals surface area contributed by atoms with Gasteiger partial charge in [0.2, 0.25) is 0 Å². The van der Waals surface area contributed by atoms with Crippen molar-refractivity contribution >= 4 is 17.7 Å². The highest BCUT2D eigenvalue weighted by Gasteiger charge is 2.12. The molecule has 0 aliphatic heterocycles. The molecule has 2 heterocycles. The highest BCUT2D eigenvalue weighted by Crippen LogP contribution is 2.21. The predicted molar refractivity (Wildman–Crippen MR) is 80.3 cm³/mol. The number of carbonyl (C=O) groups excluding carboxylic acids is 1. The molecule has 0 atom stereocenters. The van der Waals surface area contributed by atoms with Crippen LogP contribution in [0, 0.1) is 0 Å². The second-order valence-corrected chi connectivity index (χ2v) is 5.09. The molecule has 3 aromatic rings. The quantitative estimate of drug-likeness (QED) is 0.407. The Morgan fingerprint density at radius 2 is 1.91 bits per heavy atom. The molecule has 0 radical (unpaired) electrons. The molecular formula is C15H11N3O3S. The fourth-order valence-electron chi connectivity index (χ4n) is 1.63. The van der Waals surface area contributed by atoms with Gasteiger partial charge in [0.05, 0.1) is 0 Å². The van der Waals surface area contributed by atoms with Gasteiger partial charge in [0.1, 0.15) is 17.2 Å². The van der Waals surface area contributed by atoms with Crippen molar-refractivity contribution in [1.29, 1.82) is 0 Å². The second-order valence-electron chi connectivity index (χ2n) is 4.16. The molecule has 2 aromatic heterocycles. The Hall–Kier alpha value is -2.67. The van der Waals surface area contributed by atoms with Crippen LogP contribution in [0.15, 0.2) is 64.4 Å². The van der Waals surface area contributed by atoms with Gasteiger partial charge in [-0.3, -0.25) is 9.78 Å². The Balaban J connectivity index is 1.56. The van der Waals surface area contributed by atoms with E-state index in [0.29, 0.717) is 22.6 Å². The lowest BCUT2D eigenvalue weighted by molar-refractivity contribution is -0.131. The molecule has 6 nitrogen and oxygen atoms in total. The lowest BCUT2D eigenvalue weighted by Gasteiger charge is -2.01. The number of aromatic nitrogens is 3. The van der Waals surface area contributed by atoms with Crippen molar-refractivity contribution in [2.45, 2.75) is 5.22 Å². The molecular weight excluding hydrogens is 302 g/mol. The zero-order valence-electron chi connectivity index (χ0n) is 11.4. The minimum atomic E-state index is -0.381. The normalized spacial score (nSPS) is 10.4. The van der Waals surface area contributed by atoms with E-state index in [1.165, 1.54) is 0 Å². The van der Waals surface area contributed by atoms with Crippen LogP contribution >= 0.6 is 11.8 Å². The first-order valence-electron chi connectivity index (χ1n) is 6.45. The largest absolute Gasteiger partial charge is 0.426 e. The molecule has 0 aliphatic rings. The summed E-state index contributed by atoms with van der Waals surface area (Å²) in [5, 5.41) is 8.06. The van der Waals surface area contributed by atoms with E-state index in [-0.39, 0.29) is 11.7 Å². The van der Waals surface area contributed by atoms with Crippen molar-refractivity contribution in [3.63, 3.8) is 0 Å². The summed E-state index contributed by atoms with van der Waals surface area (Å²) in [6, 6.07) is 14.3. The van der Waals surface area contributed by atoms with E-state index in [0.717, 1.165) is 11.8 Å². The molecule has 3 rings (SSSR count). The summed E-state index contributed by atoms with van der Waals surface area (Å²) in [4.78, 5) is 15.8. The minimum Gasteiger partial charge on any atom is -0.426 e. The Kier molecular flexibility index (Phi) is 4.45. The van der Waals surface area contributed by atoms with Crippen LogP contribution in [0.5, 0.6) is 5.75 Å². The number of pyridine rings is 1. The number of thioether (sulfide) groups is 1. The molecule has 0 aliphatic carbocycles. The molecule has 0 spiro atoms. The SMILES string of the molecule is O=C(CSc1nnc(-c2ccccn2)o1)Oc1ccccc1. The Labute approximate surface area is 130 Å². The monoisotopic (exact) mass is 313 g/mol. The molecule has 1 aromatic carbocycles. The zero-order chi connectivity index (χ0) is 15.2. The van der Waals surface area contributed by atoms with E-state index in [1.54, 1.807) is 42.6 Å². The van der Waals surface area contributed by atoms with E-state index >= 15 is 0 Å². The van der Waals surface area contributed by atoms with Gasteiger partial charge < -0.3 is 9.15 Å². The highest BCUT2D eigenvalue weighted by molar-refractivity contribution is 7.99. The van der Waals surface area contributed by atoms with E-state index in [4.69, 9.17) is 9.15 Å². The molecule has 0 bridgehead atoms. The van der Waals surface area contributed by atoms with Gasteiger partial charge in [-0.1, -0.05) is 36.0 Å². The van der Waals surface area contributed by atoms with Crippen molar-refractivity contribution in [1.82, 2.24) is 15.2 Å². The number of carbonyl (C=O) groups is 1. The van der Waals surface area contributed by atoms with Gasteiger partial charge in [0.15, 0.2) is 0 Å². The summed E-state index contributed by atoms with van der Waals surface area (Å²) in [5.41, 5.74) is 0.591. The van der Waals surface area contributed by atoms with Crippen molar-refractivity contribution in [2.75, 3.05) is 5.75 Å². The first kappa shape index (κ1) is 14.3. The predicted octanol–water partition coefficient (Wildman–Crippen LogP) is 2.83. The van der Waals surface area contributed by atoms with Crippen LogP contribution in [0.3, 0.4) is 0 Å². The molecule has 0 N–H and O–H groups in total. The van der Waals surface area contributed by atoms with Gasteiger partial charge in [-0.15, -0.1) is 10.2 Å². The molecule has 0 saturated carbocycles. The topological polar surface area (TPSA) is 78.1 Å². The third kappa shape index (κ3) is 3.70. The van der Waals surface area contributed by atoms with E-state index < -0.39 is 0 Å². The third-order valence-electron chi connectivity index (χ3n) is 2.58. The van der Waals surface area contributed by atoms with Crippen molar-refractivity contribution < 1.29 is 13.9 Å². The number of hydrogen-bond acceptors (Lipinski definition) is 7. The zero-order valence-corrected chi connectivity index (χ0v) is 12.2. The lowest BCUT2D eigenvalue weighted by Crippen LogP contribution is -2.10. The number of nitrogens with zero attached hydrogens (tertiary/aromatic N) is 3. The number of para-hydroxylation sites is 1. The Morgan fingerprint density at radius 3 is 2.68 bits per heavy atom. The van der Waals surface area contributed by atoms with Crippen LogP contribution in [0.4, 0.5) is 0 Å². The van der Waals surface area contributed by atoms with Crippen LogP contribution in [-0.2, 0) is 4.79 Å². The number of esters is 1. The van der Waals surface area contributed by atoms with Crippen molar-refractivity contribution in [2.24, 2.45) is 0 Å². The molecule has 7 heteroatoms. The Morgan fingerprint density at radius 1 is 1.09 bits per heavy atom. The van der Waals surface area contributed by atoms with Crippen LogP contribution in [0.25, 0.3) is 11.6 Å². The lowest BCUT2D eigenvalue weighted by atomic mass is 10.3. The first-order chi connectivity index (χ1) is 10.8. The van der Waals surface area contributed by atoms with Crippen LogP contribution < -0.4 is 4.74 Å². The van der Waals surface area contributed by atoms with Gasteiger partial charge in [0, 0.05) is 6.20 Å². The van der Waals surface area contributed by atoms with Gasteiger partial charge >= 0.3 is 5.97 Å². The number of ether oxygens (including phenoxy) is 1. The third-order valence-corrected chi connectivity index (χ3v) is 3.37. The number of benzene rings is 1. The summed E-state index contributed by atoms with van der Waals surface area (Å²) < 4.78 is 10.6. The molecule has 110 valence electrons. The fraction of sp³-hybridized carbons (Fsp3) is 0.0667. The average molecular weight is 313 g/mol. The summed E-state index contributed by atoms with van der Waals surface area (Å²) in [6.07, 6.45) is 1.64. The van der Waals surface area contributed by atoms with Crippen LogP contribution in [-0.4, -0.2) is 26.9 Å². The summed E-state index contributed by atoms with van der Waals surface area (Å²) in [5.74, 6) is 0.528. The van der Waals surface area contributed by atoms with Gasteiger partial charge in [-0.2, -0.15) is 0 Å². The molecule has 0 saturated heterocycles. The standard InChI is InChI=1S/C15H11N3O3S/c19-13(20-11-6-2-1-3-7-11)10-22-15-18-17-14(21-15)12-8-4-5-9-16-12/h1-9H,10H2. The van der Waals surface area contributed by atoms with Gasteiger partial charge in [0.25, 0.3) is 11.1 Å². The van der Waals surface area contributed by atoms with Crippen LogP contribution in [0.2, 0.25) is 0 Å². The number of rotatable bonds is 5. The summed E-state index contributed by atoms with van der Waals surface area (Å²) in [6.45, 7) is 0. The van der Waals surface area contributed by atoms with Crippen LogP contribution in [0.1, 0.15) is 0 Å². The maximum Gasteiger partial charge on any atom is 0.321 e. The second kappa shape index (κ2) is 6.86. The first-order valence-corrected chi connectivity index (χ1v) is 7.43. The molecule has 0 unspecified atom stereocenters. The summed E-state index contributed by atoms with van der Waals surface area (Å²) in [7, 11) is 0. The maximum atomic E-state index is 11.7. The number of hydrogen-bond donors (Lipinski definition) is 0. The van der Waals surface area contributed by atoms with E-state index in [2.05, 4.69) is 15.2 Å². The van der Waals surface area contributed by atoms with Gasteiger partial charge in [-0.05, 0) is 24.3 Å². The minimum absolute atomic E-state index is 0.0821. The molecule has 0 fully saturated rings. The van der Waals surface area contributed by atoms with E-state index in [1.807, 2.05) is 12.1 Å². The maximum absolute atomic E-state index is 11.7. The molecule has 0 amide bonds. The fourth-order valence-corrected chi connectivity index (χ4v) is 2.17. The Bertz CT molecular complexity index is 747.